The Kier molecular flexibility index (Phi) is 1.94. The Hall–Kier alpha value is -1.13. The number of hydrogen-bond donors (Lipinski definition) is 1. The Bertz CT molecular complexity index is 480. The second-order valence-electron chi connectivity index (χ2n) is 2.44. The van der Waals surface area contributed by atoms with Crippen LogP contribution < -0.4 is 0 Å². The fourth-order valence-corrected chi connectivity index (χ4v) is 2.17. The molecule has 0 aromatic carbocycles. The normalized spacial score (nSPS) is 10.5. The van der Waals surface area contributed by atoms with Crippen LogP contribution >= 0.6 is 22.9 Å². The minimum atomic E-state index is -0.935. The smallest absolute Gasteiger partial charge is 0.337 e. The van der Waals surface area contributed by atoms with Crippen LogP contribution in [0.3, 0.4) is 0 Å². The van der Waals surface area contributed by atoms with Gasteiger partial charge in [-0.1, -0.05) is 11.6 Å². The average Bonchev–Trinajstić information content (AvgIpc) is 2.46. The van der Waals surface area contributed by atoms with Crippen molar-refractivity contribution in [2.45, 2.75) is 0 Å². The lowest BCUT2D eigenvalue weighted by atomic mass is 10.2. The number of halogens is 1. The van der Waals surface area contributed by atoms with Gasteiger partial charge in [-0.15, -0.1) is 11.3 Å². The Balaban J connectivity index is 2.76. The van der Waals surface area contributed by atoms with E-state index >= 15 is 0 Å². The molecule has 0 radical (unpaired) electrons. The summed E-state index contributed by atoms with van der Waals surface area (Å²) >= 11 is 6.94. The number of aromatic nitrogens is 1. The van der Waals surface area contributed by atoms with Gasteiger partial charge in [0.2, 0.25) is 0 Å². The van der Waals surface area contributed by atoms with E-state index in [-0.39, 0.29) is 5.56 Å². The van der Waals surface area contributed by atoms with Crippen LogP contribution in [0.25, 0.3) is 10.2 Å². The molecule has 5 heteroatoms. The first-order valence-electron chi connectivity index (χ1n) is 3.45. The molecule has 3 nitrogen and oxygen atoms in total. The number of hydrogen-bond acceptors (Lipinski definition) is 3. The van der Waals surface area contributed by atoms with Crippen molar-refractivity contribution in [3.63, 3.8) is 0 Å². The van der Waals surface area contributed by atoms with Crippen LogP contribution in [-0.2, 0) is 0 Å². The molecular formula is C8H4ClNO2S. The van der Waals surface area contributed by atoms with Crippen molar-refractivity contribution in [1.29, 1.82) is 0 Å². The van der Waals surface area contributed by atoms with Gasteiger partial charge < -0.3 is 5.11 Å². The maximum atomic E-state index is 10.7. The van der Waals surface area contributed by atoms with E-state index < -0.39 is 5.97 Å². The van der Waals surface area contributed by atoms with Gasteiger partial charge in [-0.3, -0.25) is 0 Å². The average molecular weight is 214 g/mol. The second-order valence-corrected chi connectivity index (χ2v) is 3.69. The molecule has 0 aliphatic heterocycles. The van der Waals surface area contributed by atoms with Crippen LogP contribution in [0.5, 0.6) is 0 Å². The van der Waals surface area contributed by atoms with Gasteiger partial charge in [0, 0.05) is 10.8 Å². The zero-order valence-corrected chi connectivity index (χ0v) is 7.89. The van der Waals surface area contributed by atoms with Gasteiger partial charge in [-0.25, -0.2) is 9.78 Å². The fourth-order valence-electron chi connectivity index (χ4n) is 1.06. The lowest BCUT2D eigenvalue weighted by Crippen LogP contribution is -1.93. The van der Waals surface area contributed by atoms with Crippen LogP contribution in [0.15, 0.2) is 17.5 Å². The molecule has 0 unspecified atom stereocenters. The van der Waals surface area contributed by atoms with E-state index in [0.29, 0.717) is 15.4 Å². The van der Waals surface area contributed by atoms with Crippen LogP contribution in [0, 0.1) is 0 Å². The summed E-state index contributed by atoms with van der Waals surface area (Å²) in [5, 5.41) is 11.4. The number of carbonyl (C=O) groups is 1. The van der Waals surface area contributed by atoms with Crippen molar-refractivity contribution < 1.29 is 9.90 Å². The third-order valence-corrected chi connectivity index (χ3v) is 2.73. The molecule has 0 atom stereocenters. The van der Waals surface area contributed by atoms with Crippen LogP contribution in [0.1, 0.15) is 10.4 Å². The van der Waals surface area contributed by atoms with Gasteiger partial charge in [0.1, 0.15) is 9.98 Å². The molecule has 0 bridgehead atoms. The molecule has 0 fully saturated rings. The number of fused-ring (bicyclic) bond motifs is 1. The first kappa shape index (κ1) is 8.47. The van der Waals surface area contributed by atoms with E-state index in [1.807, 2.05) is 0 Å². The Morgan fingerprint density at radius 3 is 3.00 bits per heavy atom. The maximum Gasteiger partial charge on any atom is 0.337 e. The highest BCUT2D eigenvalue weighted by atomic mass is 35.5. The minimum Gasteiger partial charge on any atom is -0.478 e. The summed E-state index contributed by atoms with van der Waals surface area (Å²) in [4.78, 5) is 15.4. The Morgan fingerprint density at radius 2 is 2.31 bits per heavy atom. The molecule has 0 saturated carbocycles. The number of carboxylic acids is 1. The van der Waals surface area contributed by atoms with Crippen LogP contribution in [0.4, 0.5) is 0 Å². The standard InChI is InChI=1S/C8H4ClNO2S/c9-6-2-1-4-5(8(11)12)3-13-7(4)10-6/h1-3H,(H,11,12). The van der Waals surface area contributed by atoms with Crippen molar-refractivity contribution >= 4 is 39.1 Å². The van der Waals surface area contributed by atoms with Crippen molar-refractivity contribution in [2.24, 2.45) is 0 Å². The molecule has 0 amide bonds. The van der Waals surface area contributed by atoms with Crippen molar-refractivity contribution in [1.82, 2.24) is 4.98 Å². The van der Waals surface area contributed by atoms with Crippen molar-refractivity contribution in [3.8, 4) is 0 Å². The lowest BCUT2D eigenvalue weighted by molar-refractivity contribution is 0.0699. The van der Waals surface area contributed by atoms with Crippen LogP contribution in [0.2, 0.25) is 5.15 Å². The molecule has 0 spiro atoms. The maximum absolute atomic E-state index is 10.7. The largest absolute Gasteiger partial charge is 0.478 e. The second kappa shape index (κ2) is 2.97. The highest BCUT2D eigenvalue weighted by Crippen LogP contribution is 2.25. The molecule has 2 heterocycles. The van der Waals surface area contributed by atoms with E-state index in [9.17, 15) is 4.79 Å². The number of nitrogens with zero attached hydrogens (tertiary/aromatic N) is 1. The van der Waals surface area contributed by atoms with E-state index in [0.717, 1.165) is 0 Å². The molecule has 2 aromatic rings. The van der Waals surface area contributed by atoms with Gasteiger partial charge in [0.15, 0.2) is 0 Å². The fraction of sp³-hybridized carbons (Fsp3) is 0. The SMILES string of the molecule is O=C(O)c1csc2nc(Cl)ccc12. The number of thiophene rings is 1. The summed E-state index contributed by atoms with van der Waals surface area (Å²) in [6, 6.07) is 3.26. The molecule has 0 aliphatic rings. The zero-order chi connectivity index (χ0) is 9.42. The monoisotopic (exact) mass is 213 g/mol. The molecule has 2 rings (SSSR count). The third kappa shape index (κ3) is 1.38. The minimum absolute atomic E-state index is 0.282. The summed E-state index contributed by atoms with van der Waals surface area (Å²) in [5.74, 6) is -0.935. The highest BCUT2D eigenvalue weighted by molar-refractivity contribution is 7.17. The number of carboxylic acid groups (broad SMARTS) is 1. The van der Waals surface area contributed by atoms with E-state index in [2.05, 4.69) is 4.98 Å². The Morgan fingerprint density at radius 1 is 1.54 bits per heavy atom. The number of rotatable bonds is 1. The van der Waals surface area contributed by atoms with E-state index in [1.54, 1.807) is 17.5 Å². The topological polar surface area (TPSA) is 50.2 Å². The highest BCUT2D eigenvalue weighted by Gasteiger charge is 2.11. The van der Waals surface area contributed by atoms with Gasteiger partial charge in [0.25, 0.3) is 0 Å². The third-order valence-electron chi connectivity index (χ3n) is 1.64. The first-order chi connectivity index (χ1) is 6.18. The molecule has 0 aliphatic carbocycles. The van der Waals surface area contributed by atoms with Crippen molar-refractivity contribution in [3.05, 3.63) is 28.2 Å². The summed E-state index contributed by atoms with van der Waals surface area (Å²) < 4.78 is 0. The van der Waals surface area contributed by atoms with Gasteiger partial charge in [-0.2, -0.15) is 0 Å². The molecule has 13 heavy (non-hydrogen) atoms. The summed E-state index contributed by atoms with van der Waals surface area (Å²) in [7, 11) is 0. The molecule has 0 saturated heterocycles. The predicted octanol–water partition coefficient (Wildman–Crippen LogP) is 2.65. The number of pyridine rings is 1. The van der Waals surface area contributed by atoms with Crippen molar-refractivity contribution in [2.75, 3.05) is 0 Å². The molecule has 1 N–H and O–H groups in total. The number of aromatic carboxylic acids is 1. The quantitative estimate of drug-likeness (QED) is 0.741. The molecule has 2 aromatic heterocycles. The zero-order valence-electron chi connectivity index (χ0n) is 6.32. The Labute approximate surface area is 82.6 Å². The molecular weight excluding hydrogens is 210 g/mol. The summed E-state index contributed by atoms with van der Waals surface area (Å²) in [6.07, 6.45) is 0. The van der Waals surface area contributed by atoms with Crippen LogP contribution in [-0.4, -0.2) is 16.1 Å². The van der Waals surface area contributed by atoms with Gasteiger partial charge in [0.05, 0.1) is 5.56 Å². The van der Waals surface area contributed by atoms with E-state index in [1.165, 1.54) is 11.3 Å². The predicted molar refractivity (Wildman–Crippen MR) is 51.6 cm³/mol. The lowest BCUT2D eigenvalue weighted by Gasteiger charge is -1.91. The summed E-state index contributed by atoms with van der Waals surface area (Å²) in [5.41, 5.74) is 0.282. The molecule has 66 valence electrons. The van der Waals surface area contributed by atoms with Gasteiger partial charge in [-0.05, 0) is 12.1 Å². The first-order valence-corrected chi connectivity index (χ1v) is 4.71. The summed E-state index contributed by atoms with van der Waals surface area (Å²) in [6.45, 7) is 0. The van der Waals surface area contributed by atoms with E-state index in [4.69, 9.17) is 16.7 Å². The van der Waals surface area contributed by atoms with Gasteiger partial charge >= 0.3 is 5.97 Å².